The van der Waals surface area contributed by atoms with Crippen LogP contribution in [0.5, 0.6) is 0 Å². The summed E-state index contributed by atoms with van der Waals surface area (Å²) >= 11 is 0. The highest BCUT2D eigenvalue weighted by molar-refractivity contribution is 5.78. The van der Waals surface area contributed by atoms with Crippen molar-refractivity contribution in [3.8, 4) is 0 Å². The summed E-state index contributed by atoms with van der Waals surface area (Å²) in [5.74, 6) is 2.08. The van der Waals surface area contributed by atoms with Crippen LogP contribution in [0.3, 0.4) is 0 Å². The molecule has 1 fully saturated rings. The Kier molecular flexibility index (Phi) is 3.72. The van der Waals surface area contributed by atoms with Crippen molar-refractivity contribution >= 4 is 11.4 Å². The molecule has 1 N–H and O–H groups in total. The molecule has 106 valence electrons. The molecule has 4 nitrogen and oxygen atoms in total. The van der Waals surface area contributed by atoms with E-state index in [4.69, 9.17) is 0 Å². The van der Waals surface area contributed by atoms with Gasteiger partial charge in [0.15, 0.2) is 0 Å². The zero-order valence-corrected chi connectivity index (χ0v) is 11.9. The fourth-order valence-electron chi connectivity index (χ4n) is 2.61. The highest BCUT2D eigenvalue weighted by atomic mass is 16.1. The third kappa shape index (κ3) is 2.84. The Morgan fingerprint density at radius 3 is 3.15 bits per heavy atom. The molecule has 1 amide bonds. The van der Waals surface area contributed by atoms with E-state index in [-0.39, 0.29) is 11.8 Å². The van der Waals surface area contributed by atoms with E-state index < -0.39 is 0 Å². The maximum absolute atomic E-state index is 11.9. The Hall–Kier alpha value is -1.84. The van der Waals surface area contributed by atoms with Crippen LogP contribution in [-0.2, 0) is 11.2 Å². The molecular formula is C16H21N3O. The quantitative estimate of drug-likeness (QED) is 0.820. The lowest BCUT2D eigenvalue weighted by Gasteiger charge is -2.10. The van der Waals surface area contributed by atoms with Crippen molar-refractivity contribution in [1.29, 1.82) is 0 Å². The number of amides is 1. The normalized spacial score (nSPS) is 16.2. The maximum atomic E-state index is 11.9. The first-order valence-electron chi connectivity index (χ1n) is 7.44. The first kappa shape index (κ1) is 13.2. The van der Waals surface area contributed by atoms with E-state index in [1.165, 1.54) is 12.8 Å². The zero-order valence-electron chi connectivity index (χ0n) is 11.9. The van der Waals surface area contributed by atoms with Gasteiger partial charge < -0.3 is 9.72 Å². The summed E-state index contributed by atoms with van der Waals surface area (Å²) in [7, 11) is 0. The summed E-state index contributed by atoms with van der Waals surface area (Å²) in [5, 5.41) is 3.04. The van der Waals surface area contributed by atoms with E-state index in [9.17, 15) is 4.79 Å². The number of hydrogen-bond donors (Lipinski definition) is 1. The lowest BCUT2D eigenvalue weighted by molar-refractivity contribution is -0.125. The molecule has 3 rings (SSSR count). The van der Waals surface area contributed by atoms with Gasteiger partial charge in [-0.15, -0.1) is 0 Å². The van der Waals surface area contributed by atoms with Crippen LogP contribution < -0.4 is 5.32 Å². The summed E-state index contributed by atoms with van der Waals surface area (Å²) in [6.45, 7) is 2.77. The predicted molar refractivity (Wildman–Crippen MR) is 78.4 cm³/mol. The van der Waals surface area contributed by atoms with Gasteiger partial charge in [0.05, 0.1) is 11.7 Å². The van der Waals surface area contributed by atoms with Gasteiger partial charge in [-0.05, 0) is 37.3 Å². The summed E-state index contributed by atoms with van der Waals surface area (Å²) in [6.07, 6.45) is 8.17. The number of nitrogens with one attached hydrogen (secondary N) is 1. The Balaban J connectivity index is 1.46. The average molecular weight is 271 g/mol. The van der Waals surface area contributed by atoms with Crippen molar-refractivity contribution in [1.82, 2.24) is 14.7 Å². The molecule has 0 bridgehead atoms. The molecule has 1 saturated carbocycles. The zero-order chi connectivity index (χ0) is 13.9. The second-order valence-corrected chi connectivity index (χ2v) is 5.69. The van der Waals surface area contributed by atoms with E-state index in [0.29, 0.717) is 5.92 Å². The number of hydrogen-bond acceptors (Lipinski definition) is 2. The fraction of sp³-hybridized carbons (Fsp3) is 0.500. The van der Waals surface area contributed by atoms with Crippen molar-refractivity contribution < 1.29 is 4.79 Å². The van der Waals surface area contributed by atoms with Gasteiger partial charge in [0.1, 0.15) is 5.82 Å². The lowest BCUT2D eigenvalue weighted by atomic mass is 10.1. The minimum atomic E-state index is 0.183. The molecule has 1 unspecified atom stereocenters. The van der Waals surface area contributed by atoms with Gasteiger partial charge in [-0.2, -0.15) is 0 Å². The number of aromatic nitrogens is 2. The van der Waals surface area contributed by atoms with E-state index in [1.807, 2.05) is 31.5 Å². The van der Waals surface area contributed by atoms with Crippen molar-refractivity contribution in [3.05, 3.63) is 36.4 Å². The topological polar surface area (TPSA) is 46.4 Å². The van der Waals surface area contributed by atoms with Gasteiger partial charge in [0.2, 0.25) is 5.91 Å². The number of carbonyl (C=O) groups is 1. The molecule has 4 heteroatoms. The van der Waals surface area contributed by atoms with Crippen LogP contribution in [0.15, 0.2) is 30.6 Å². The Morgan fingerprint density at radius 2 is 2.35 bits per heavy atom. The van der Waals surface area contributed by atoms with Crippen LogP contribution >= 0.6 is 0 Å². The molecule has 0 saturated heterocycles. The van der Waals surface area contributed by atoms with Crippen LogP contribution in [0.25, 0.3) is 5.52 Å². The van der Waals surface area contributed by atoms with Crippen molar-refractivity contribution in [3.63, 3.8) is 0 Å². The Labute approximate surface area is 119 Å². The standard InChI is InChI=1S/C16H21N3O/c1-12(13-7-8-13)16(20)17-9-4-6-15-18-11-14-5-2-3-10-19(14)15/h2-3,5,10-13H,4,6-9H2,1H3,(H,17,20). The third-order valence-electron chi connectivity index (χ3n) is 4.13. The first-order valence-corrected chi connectivity index (χ1v) is 7.44. The molecule has 1 atom stereocenters. The molecule has 1 aliphatic carbocycles. The molecular weight excluding hydrogens is 250 g/mol. The number of nitrogens with zero attached hydrogens (tertiary/aromatic N) is 2. The highest BCUT2D eigenvalue weighted by Gasteiger charge is 2.32. The molecule has 2 aromatic heterocycles. The van der Waals surface area contributed by atoms with Crippen molar-refractivity contribution in [2.75, 3.05) is 6.54 Å². The van der Waals surface area contributed by atoms with Gasteiger partial charge in [-0.3, -0.25) is 4.79 Å². The SMILES string of the molecule is CC(C(=O)NCCCc1ncc2ccccn12)C1CC1. The van der Waals surface area contributed by atoms with Gasteiger partial charge >= 0.3 is 0 Å². The number of fused-ring (bicyclic) bond motifs is 1. The molecule has 0 spiro atoms. The summed E-state index contributed by atoms with van der Waals surface area (Å²) in [6, 6.07) is 6.08. The van der Waals surface area contributed by atoms with Gasteiger partial charge in [0.25, 0.3) is 0 Å². The number of carbonyl (C=O) groups excluding carboxylic acids is 1. The first-order chi connectivity index (χ1) is 9.75. The van der Waals surface area contributed by atoms with Crippen LogP contribution in [0.2, 0.25) is 0 Å². The Bertz CT molecular complexity index is 601. The number of imidazole rings is 1. The van der Waals surface area contributed by atoms with Gasteiger partial charge in [-0.25, -0.2) is 4.98 Å². The largest absolute Gasteiger partial charge is 0.356 e. The predicted octanol–water partition coefficient (Wildman–Crippen LogP) is 2.43. The Morgan fingerprint density at radius 1 is 1.50 bits per heavy atom. The molecule has 2 aromatic rings. The molecule has 0 aliphatic heterocycles. The van der Waals surface area contributed by atoms with E-state index in [1.54, 1.807) is 0 Å². The number of aryl methyl sites for hydroxylation is 1. The van der Waals surface area contributed by atoms with Crippen molar-refractivity contribution in [2.45, 2.75) is 32.6 Å². The second kappa shape index (κ2) is 5.65. The smallest absolute Gasteiger partial charge is 0.223 e. The minimum Gasteiger partial charge on any atom is -0.356 e. The summed E-state index contributed by atoms with van der Waals surface area (Å²) in [5.41, 5.74) is 1.12. The molecule has 20 heavy (non-hydrogen) atoms. The van der Waals surface area contributed by atoms with Gasteiger partial charge in [-0.1, -0.05) is 13.0 Å². The van der Waals surface area contributed by atoms with E-state index in [2.05, 4.69) is 20.8 Å². The average Bonchev–Trinajstić information content (AvgIpc) is 3.24. The monoisotopic (exact) mass is 271 g/mol. The number of rotatable bonds is 6. The molecule has 0 aromatic carbocycles. The maximum Gasteiger partial charge on any atom is 0.223 e. The van der Waals surface area contributed by atoms with Crippen LogP contribution in [0.4, 0.5) is 0 Å². The van der Waals surface area contributed by atoms with Crippen LogP contribution in [0.1, 0.15) is 32.0 Å². The van der Waals surface area contributed by atoms with E-state index >= 15 is 0 Å². The third-order valence-corrected chi connectivity index (χ3v) is 4.13. The molecule has 2 heterocycles. The summed E-state index contributed by atoms with van der Waals surface area (Å²) < 4.78 is 2.11. The summed E-state index contributed by atoms with van der Waals surface area (Å²) in [4.78, 5) is 16.3. The van der Waals surface area contributed by atoms with E-state index in [0.717, 1.165) is 30.7 Å². The highest BCUT2D eigenvalue weighted by Crippen LogP contribution is 2.36. The second-order valence-electron chi connectivity index (χ2n) is 5.69. The van der Waals surface area contributed by atoms with Crippen molar-refractivity contribution in [2.24, 2.45) is 11.8 Å². The van der Waals surface area contributed by atoms with Gasteiger partial charge in [0, 0.05) is 25.1 Å². The van der Waals surface area contributed by atoms with Crippen LogP contribution in [0, 0.1) is 11.8 Å². The van der Waals surface area contributed by atoms with Crippen LogP contribution in [-0.4, -0.2) is 21.8 Å². The molecule has 0 radical (unpaired) electrons. The lowest BCUT2D eigenvalue weighted by Crippen LogP contribution is -2.31. The minimum absolute atomic E-state index is 0.183. The number of pyridine rings is 1. The molecule has 1 aliphatic rings. The fourth-order valence-corrected chi connectivity index (χ4v) is 2.61.